The molecule has 120 valence electrons. The summed E-state index contributed by atoms with van der Waals surface area (Å²) in [6, 6.07) is 0.218. The van der Waals surface area contributed by atoms with E-state index in [-0.39, 0.29) is 6.04 Å². The molecule has 3 N–H and O–H groups in total. The molecule has 1 aromatic rings. The van der Waals surface area contributed by atoms with E-state index >= 15 is 0 Å². The minimum Gasteiger partial charge on any atom is -0.271 e. The second kappa shape index (κ2) is 7.59. The van der Waals surface area contributed by atoms with Gasteiger partial charge in [0, 0.05) is 41.0 Å². The molecule has 0 aromatic carbocycles. The van der Waals surface area contributed by atoms with E-state index in [1.807, 2.05) is 35.3 Å². The Balaban J connectivity index is 2.11. The second-order valence-electron chi connectivity index (χ2n) is 5.58. The summed E-state index contributed by atoms with van der Waals surface area (Å²) in [5.74, 6) is 6.95. The maximum absolute atomic E-state index is 6.46. The summed E-state index contributed by atoms with van der Waals surface area (Å²) in [7, 11) is 1.96. The van der Waals surface area contributed by atoms with E-state index in [9.17, 15) is 0 Å². The molecule has 21 heavy (non-hydrogen) atoms. The van der Waals surface area contributed by atoms with Gasteiger partial charge in [0.2, 0.25) is 0 Å². The maximum atomic E-state index is 6.46. The number of nitrogens with two attached hydrogens (primary N) is 1. The van der Waals surface area contributed by atoms with Crippen molar-refractivity contribution in [2.24, 2.45) is 12.9 Å². The van der Waals surface area contributed by atoms with Gasteiger partial charge in [-0.3, -0.25) is 16.0 Å². The van der Waals surface area contributed by atoms with Crippen LogP contribution in [0.1, 0.15) is 32.2 Å². The van der Waals surface area contributed by atoms with E-state index in [1.54, 1.807) is 0 Å². The Morgan fingerprint density at radius 1 is 1.48 bits per heavy atom. The SMILES string of the molecule is CCc1nn(C)c(CC(NN)C2CSC(C)C(C)S2)c1Cl. The highest BCUT2D eigenvalue weighted by atomic mass is 35.5. The Kier molecular flexibility index (Phi) is 6.32. The van der Waals surface area contributed by atoms with E-state index in [0.29, 0.717) is 15.7 Å². The lowest BCUT2D eigenvalue weighted by atomic mass is 10.1. The van der Waals surface area contributed by atoms with Crippen LogP contribution in [0, 0.1) is 0 Å². The third kappa shape index (κ3) is 3.91. The number of nitrogens with zero attached hydrogens (tertiary/aromatic N) is 2. The lowest BCUT2D eigenvalue weighted by Gasteiger charge is -2.35. The summed E-state index contributed by atoms with van der Waals surface area (Å²) >= 11 is 10.5. The van der Waals surface area contributed by atoms with Gasteiger partial charge in [-0.2, -0.15) is 28.6 Å². The van der Waals surface area contributed by atoms with Crippen molar-refractivity contribution in [3.8, 4) is 0 Å². The number of hydrogen-bond acceptors (Lipinski definition) is 5. The smallest absolute Gasteiger partial charge is 0.0850 e. The fraction of sp³-hybridized carbons (Fsp3) is 0.786. The molecule has 1 fully saturated rings. The predicted molar refractivity (Wildman–Crippen MR) is 95.2 cm³/mol. The minimum absolute atomic E-state index is 0.218. The molecule has 1 saturated heterocycles. The number of aromatic nitrogens is 2. The quantitative estimate of drug-likeness (QED) is 0.633. The number of hydrazine groups is 1. The van der Waals surface area contributed by atoms with Crippen LogP contribution in [-0.4, -0.2) is 37.3 Å². The Hall–Kier alpha value is 0.120. The normalized spacial score (nSPS) is 27.8. The van der Waals surface area contributed by atoms with Crippen molar-refractivity contribution in [1.82, 2.24) is 15.2 Å². The van der Waals surface area contributed by atoms with Crippen LogP contribution >= 0.6 is 35.1 Å². The lowest BCUT2D eigenvalue weighted by molar-refractivity contribution is 0.504. The Morgan fingerprint density at radius 2 is 2.19 bits per heavy atom. The predicted octanol–water partition coefficient (Wildman–Crippen LogP) is 2.64. The molecule has 4 atom stereocenters. The average molecular weight is 349 g/mol. The van der Waals surface area contributed by atoms with Gasteiger partial charge in [0.15, 0.2) is 0 Å². The third-order valence-corrected chi connectivity index (χ3v) is 8.14. The third-order valence-electron chi connectivity index (χ3n) is 4.15. The number of nitrogens with one attached hydrogen (secondary N) is 1. The van der Waals surface area contributed by atoms with Crippen molar-refractivity contribution in [2.75, 3.05) is 5.75 Å². The van der Waals surface area contributed by atoms with E-state index < -0.39 is 0 Å². The molecule has 0 bridgehead atoms. The summed E-state index contributed by atoms with van der Waals surface area (Å²) in [6.07, 6.45) is 1.67. The van der Waals surface area contributed by atoms with Gasteiger partial charge in [-0.1, -0.05) is 32.4 Å². The van der Waals surface area contributed by atoms with Crippen molar-refractivity contribution in [2.45, 2.75) is 55.4 Å². The molecule has 4 nitrogen and oxygen atoms in total. The number of rotatable bonds is 5. The molecule has 0 spiro atoms. The van der Waals surface area contributed by atoms with Gasteiger partial charge in [-0.05, 0) is 6.42 Å². The molecule has 0 saturated carbocycles. The van der Waals surface area contributed by atoms with Crippen molar-refractivity contribution >= 4 is 35.1 Å². The number of thioether (sulfide) groups is 2. The largest absolute Gasteiger partial charge is 0.271 e. The first-order valence-electron chi connectivity index (χ1n) is 7.41. The fourth-order valence-corrected chi connectivity index (χ4v) is 6.05. The molecule has 0 radical (unpaired) electrons. The summed E-state index contributed by atoms with van der Waals surface area (Å²) in [6.45, 7) is 6.68. The van der Waals surface area contributed by atoms with Crippen LogP contribution in [0.3, 0.4) is 0 Å². The van der Waals surface area contributed by atoms with Crippen molar-refractivity contribution in [1.29, 1.82) is 0 Å². The summed E-state index contributed by atoms with van der Waals surface area (Å²) in [5.41, 5.74) is 5.05. The molecular weight excluding hydrogens is 324 g/mol. The molecular formula is C14H25ClN4S2. The molecule has 2 rings (SSSR count). The van der Waals surface area contributed by atoms with Crippen molar-refractivity contribution in [3.63, 3.8) is 0 Å². The van der Waals surface area contributed by atoms with E-state index in [4.69, 9.17) is 17.4 Å². The van der Waals surface area contributed by atoms with Gasteiger partial charge in [-0.15, -0.1) is 0 Å². The zero-order valence-corrected chi connectivity index (χ0v) is 15.5. The molecule has 1 aliphatic rings. The van der Waals surface area contributed by atoms with Crippen LogP contribution in [0.15, 0.2) is 0 Å². The van der Waals surface area contributed by atoms with Crippen LogP contribution in [0.5, 0.6) is 0 Å². The zero-order valence-electron chi connectivity index (χ0n) is 13.1. The first-order chi connectivity index (χ1) is 9.97. The van der Waals surface area contributed by atoms with Crippen LogP contribution in [0.2, 0.25) is 5.02 Å². The Labute approximate surface area is 140 Å². The van der Waals surface area contributed by atoms with Gasteiger partial charge in [0.25, 0.3) is 0 Å². The minimum atomic E-state index is 0.218. The number of aryl methyl sites for hydroxylation is 2. The summed E-state index contributed by atoms with van der Waals surface area (Å²) in [4.78, 5) is 0. The Bertz CT molecular complexity index is 480. The molecule has 1 aromatic heterocycles. The molecule has 7 heteroatoms. The lowest BCUT2D eigenvalue weighted by Crippen LogP contribution is -2.48. The summed E-state index contributed by atoms with van der Waals surface area (Å²) in [5, 5.41) is 7.15. The van der Waals surface area contributed by atoms with Crippen LogP contribution in [0.4, 0.5) is 0 Å². The molecule has 0 aliphatic carbocycles. The first-order valence-corrected chi connectivity index (χ1v) is 9.78. The van der Waals surface area contributed by atoms with E-state index in [1.165, 1.54) is 0 Å². The van der Waals surface area contributed by atoms with Crippen molar-refractivity contribution < 1.29 is 0 Å². The molecule has 1 aliphatic heterocycles. The maximum Gasteiger partial charge on any atom is 0.0850 e. The first kappa shape index (κ1) is 17.5. The van der Waals surface area contributed by atoms with Gasteiger partial charge in [0.05, 0.1) is 16.4 Å². The molecule has 2 heterocycles. The second-order valence-corrected chi connectivity index (χ2v) is 8.99. The van der Waals surface area contributed by atoms with Gasteiger partial charge in [0.1, 0.15) is 0 Å². The molecule has 4 unspecified atom stereocenters. The highest BCUT2D eigenvalue weighted by Crippen LogP contribution is 2.38. The topological polar surface area (TPSA) is 55.9 Å². The number of hydrogen-bond donors (Lipinski definition) is 2. The number of halogens is 1. The fourth-order valence-electron chi connectivity index (χ4n) is 2.57. The highest BCUT2D eigenvalue weighted by molar-refractivity contribution is 8.07. The molecule has 0 amide bonds. The average Bonchev–Trinajstić information content (AvgIpc) is 2.74. The Morgan fingerprint density at radius 3 is 2.71 bits per heavy atom. The highest BCUT2D eigenvalue weighted by Gasteiger charge is 2.32. The van der Waals surface area contributed by atoms with Gasteiger partial charge >= 0.3 is 0 Å². The van der Waals surface area contributed by atoms with Crippen LogP contribution in [0.25, 0.3) is 0 Å². The van der Waals surface area contributed by atoms with Crippen molar-refractivity contribution in [3.05, 3.63) is 16.4 Å². The van der Waals surface area contributed by atoms with Gasteiger partial charge < -0.3 is 0 Å². The summed E-state index contributed by atoms with van der Waals surface area (Å²) < 4.78 is 1.90. The van der Waals surface area contributed by atoms with Crippen LogP contribution in [-0.2, 0) is 19.9 Å². The zero-order chi connectivity index (χ0) is 15.6. The standard InChI is InChI=1S/C14H25ClN4S2/c1-5-10-14(15)12(19(4)18-10)6-11(17-16)13-7-20-8(2)9(3)21-13/h8-9,11,13,17H,5-7,16H2,1-4H3. The van der Waals surface area contributed by atoms with Gasteiger partial charge in [-0.25, -0.2) is 0 Å². The monoisotopic (exact) mass is 348 g/mol. The van der Waals surface area contributed by atoms with E-state index in [0.717, 1.165) is 35.0 Å². The van der Waals surface area contributed by atoms with E-state index in [2.05, 4.69) is 31.3 Å². The van der Waals surface area contributed by atoms with Crippen LogP contribution < -0.4 is 11.3 Å².